The van der Waals surface area contributed by atoms with E-state index in [0.717, 1.165) is 0 Å². The number of carbonyl (C=O) groups excluding carboxylic acids is 1. The van der Waals surface area contributed by atoms with E-state index >= 15 is 0 Å². The topological polar surface area (TPSA) is 40.9 Å². The predicted molar refractivity (Wildman–Crippen MR) is 68.9 cm³/mol. The van der Waals surface area contributed by atoms with E-state index in [0.29, 0.717) is 17.0 Å². The van der Waals surface area contributed by atoms with Crippen LogP contribution in [-0.2, 0) is 4.79 Å². The number of ketones is 1. The fourth-order valence-electron chi connectivity index (χ4n) is 1.61. The fraction of sp³-hybridized carbons (Fsp3) is 0.429. The molecule has 0 spiro atoms. The van der Waals surface area contributed by atoms with Gasteiger partial charge in [-0.15, -0.1) is 0 Å². The smallest absolute Gasteiger partial charge is 0.154 e. The Morgan fingerprint density at radius 3 is 2.29 bits per heavy atom. The predicted octanol–water partition coefficient (Wildman–Crippen LogP) is 3.95. The van der Waals surface area contributed by atoms with Crippen LogP contribution >= 0.6 is 11.6 Å². The Hall–Kier alpha value is -1.33. The number of rotatable bonds is 3. The summed E-state index contributed by atoms with van der Waals surface area (Å²) in [5.74, 6) is -0.728. The molecule has 0 bridgehead atoms. The number of halogens is 1. The zero-order valence-electron chi connectivity index (χ0n) is 10.3. The molecule has 0 aliphatic rings. The Bertz CT molecular complexity index is 437. The van der Waals surface area contributed by atoms with Gasteiger partial charge < -0.3 is 0 Å². The van der Waals surface area contributed by atoms with Crippen molar-refractivity contribution in [3.05, 3.63) is 34.9 Å². The van der Waals surface area contributed by atoms with Gasteiger partial charge >= 0.3 is 0 Å². The molecule has 2 nitrogen and oxygen atoms in total. The molecule has 1 rings (SSSR count). The van der Waals surface area contributed by atoms with Gasteiger partial charge in [-0.1, -0.05) is 44.5 Å². The molecule has 0 saturated heterocycles. The molecule has 17 heavy (non-hydrogen) atoms. The number of hydrogen-bond donors (Lipinski definition) is 0. The van der Waals surface area contributed by atoms with Gasteiger partial charge in [0.2, 0.25) is 0 Å². The van der Waals surface area contributed by atoms with Crippen LogP contribution in [0.25, 0.3) is 0 Å². The van der Waals surface area contributed by atoms with Gasteiger partial charge in [-0.05, 0) is 23.1 Å². The first-order valence-corrected chi connectivity index (χ1v) is 5.89. The Morgan fingerprint density at radius 1 is 1.35 bits per heavy atom. The van der Waals surface area contributed by atoms with Crippen LogP contribution < -0.4 is 0 Å². The van der Waals surface area contributed by atoms with E-state index in [1.165, 1.54) is 0 Å². The number of nitriles is 1. The lowest BCUT2D eigenvalue weighted by Gasteiger charge is -2.18. The molecule has 3 heteroatoms. The van der Waals surface area contributed by atoms with Crippen molar-refractivity contribution in [2.45, 2.75) is 33.1 Å². The van der Waals surface area contributed by atoms with Crippen LogP contribution in [0.3, 0.4) is 0 Å². The minimum atomic E-state index is -0.688. The second-order valence-corrected chi connectivity index (χ2v) is 5.75. The quantitative estimate of drug-likeness (QED) is 0.814. The molecule has 1 aromatic rings. The maximum Gasteiger partial charge on any atom is 0.154 e. The summed E-state index contributed by atoms with van der Waals surface area (Å²) >= 11 is 5.78. The zero-order valence-corrected chi connectivity index (χ0v) is 11.1. The SMILES string of the molecule is CC(C)(C)CC(=O)C(C#N)c1ccc(Cl)cc1. The van der Waals surface area contributed by atoms with Crippen molar-refractivity contribution in [1.29, 1.82) is 5.26 Å². The number of nitrogens with zero attached hydrogens (tertiary/aromatic N) is 1. The maximum atomic E-state index is 12.0. The highest BCUT2D eigenvalue weighted by Crippen LogP contribution is 2.26. The van der Waals surface area contributed by atoms with Crippen LogP contribution in [0.4, 0.5) is 0 Å². The number of benzene rings is 1. The number of hydrogen-bond acceptors (Lipinski definition) is 2. The van der Waals surface area contributed by atoms with E-state index in [9.17, 15) is 4.79 Å². The first-order chi connectivity index (χ1) is 7.83. The van der Waals surface area contributed by atoms with Crippen LogP contribution in [0.1, 0.15) is 38.7 Å². The molecule has 1 aromatic carbocycles. The standard InChI is InChI=1S/C14H16ClNO/c1-14(2,3)8-13(17)12(9-16)10-4-6-11(15)7-5-10/h4-7,12H,8H2,1-3H3. The molecule has 0 N–H and O–H groups in total. The highest BCUT2D eigenvalue weighted by atomic mass is 35.5. The monoisotopic (exact) mass is 249 g/mol. The molecule has 0 saturated carbocycles. The molecule has 0 fully saturated rings. The molecule has 0 heterocycles. The van der Waals surface area contributed by atoms with Crippen molar-refractivity contribution in [3.8, 4) is 6.07 Å². The summed E-state index contributed by atoms with van der Waals surface area (Å²) in [6, 6.07) is 8.93. The van der Waals surface area contributed by atoms with Gasteiger partial charge in [0, 0.05) is 11.4 Å². The van der Waals surface area contributed by atoms with Crippen molar-refractivity contribution in [2.75, 3.05) is 0 Å². The van der Waals surface area contributed by atoms with Gasteiger partial charge in [0.15, 0.2) is 5.78 Å². The molecule has 0 amide bonds. The average molecular weight is 250 g/mol. The third-order valence-electron chi connectivity index (χ3n) is 2.36. The van der Waals surface area contributed by atoms with Crippen LogP contribution in [0.15, 0.2) is 24.3 Å². The van der Waals surface area contributed by atoms with E-state index in [1.54, 1.807) is 24.3 Å². The summed E-state index contributed by atoms with van der Waals surface area (Å²) < 4.78 is 0. The molecule has 0 aliphatic carbocycles. The summed E-state index contributed by atoms with van der Waals surface area (Å²) in [6.07, 6.45) is 0.397. The van der Waals surface area contributed by atoms with Crippen LogP contribution in [0, 0.1) is 16.7 Å². The minimum Gasteiger partial charge on any atom is -0.298 e. The fourth-order valence-corrected chi connectivity index (χ4v) is 1.74. The maximum absolute atomic E-state index is 12.0. The molecule has 90 valence electrons. The summed E-state index contributed by atoms with van der Waals surface area (Å²) in [5.41, 5.74) is 0.615. The van der Waals surface area contributed by atoms with Gasteiger partial charge in [0.1, 0.15) is 5.92 Å². The first-order valence-electron chi connectivity index (χ1n) is 5.51. The van der Waals surface area contributed by atoms with E-state index in [4.69, 9.17) is 16.9 Å². The van der Waals surface area contributed by atoms with E-state index in [-0.39, 0.29) is 11.2 Å². The Kier molecular flexibility index (Phi) is 4.31. The molecule has 1 atom stereocenters. The minimum absolute atomic E-state index is 0.0395. The van der Waals surface area contributed by atoms with Gasteiger partial charge in [-0.3, -0.25) is 4.79 Å². The highest BCUT2D eigenvalue weighted by molar-refractivity contribution is 6.30. The Balaban J connectivity index is 2.90. The van der Waals surface area contributed by atoms with E-state index < -0.39 is 5.92 Å². The third-order valence-corrected chi connectivity index (χ3v) is 2.61. The summed E-state index contributed by atoms with van der Waals surface area (Å²) in [4.78, 5) is 12.0. The molecule has 0 aromatic heterocycles. The zero-order chi connectivity index (χ0) is 13.1. The summed E-state index contributed by atoms with van der Waals surface area (Å²) in [6.45, 7) is 5.96. The van der Waals surface area contributed by atoms with Crippen molar-refractivity contribution in [1.82, 2.24) is 0 Å². The first kappa shape index (κ1) is 13.7. The van der Waals surface area contributed by atoms with Crippen molar-refractivity contribution in [3.63, 3.8) is 0 Å². The number of carbonyl (C=O) groups is 1. The lowest BCUT2D eigenvalue weighted by Crippen LogP contribution is -2.18. The molecular weight excluding hydrogens is 234 g/mol. The van der Waals surface area contributed by atoms with Crippen molar-refractivity contribution in [2.24, 2.45) is 5.41 Å². The van der Waals surface area contributed by atoms with Gasteiger partial charge in [0.05, 0.1) is 6.07 Å². The summed E-state index contributed by atoms with van der Waals surface area (Å²) in [5, 5.41) is 9.72. The Labute approximate surface area is 107 Å². The second kappa shape index (κ2) is 5.33. The van der Waals surface area contributed by atoms with Gasteiger partial charge in [0.25, 0.3) is 0 Å². The molecule has 0 aliphatic heterocycles. The normalized spacial score (nSPS) is 12.9. The van der Waals surface area contributed by atoms with Gasteiger partial charge in [-0.25, -0.2) is 0 Å². The second-order valence-electron chi connectivity index (χ2n) is 5.32. The summed E-state index contributed by atoms with van der Waals surface area (Å²) in [7, 11) is 0. The average Bonchev–Trinajstić information content (AvgIpc) is 2.19. The Morgan fingerprint density at radius 2 is 1.88 bits per heavy atom. The lowest BCUT2D eigenvalue weighted by molar-refractivity contribution is -0.121. The molecular formula is C14H16ClNO. The van der Waals surface area contributed by atoms with Gasteiger partial charge in [-0.2, -0.15) is 5.26 Å². The van der Waals surface area contributed by atoms with Crippen molar-refractivity contribution >= 4 is 17.4 Å². The van der Waals surface area contributed by atoms with Crippen LogP contribution in [0.2, 0.25) is 5.02 Å². The largest absolute Gasteiger partial charge is 0.298 e. The highest BCUT2D eigenvalue weighted by Gasteiger charge is 2.24. The number of Topliss-reactive ketones (excluding diaryl/α,β-unsaturated/α-hetero) is 1. The molecule has 0 radical (unpaired) electrons. The van der Waals surface area contributed by atoms with E-state index in [1.807, 2.05) is 20.8 Å². The van der Waals surface area contributed by atoms with Crippen LogP contribution in [-0.4, -0.2) is 5.78 Å². The molecule has 1 unspecified atom stereocenters. The third kappa shape index (κ3) is 4.20. The van der Waals surface area contributed by atoms with E-state index in [2.05, 4.69) is 6.07 Å². The van der Waals surface area contributed by atoms with Crippen LogP contribution in [0.5, 0.6) is 0 Å². The van der Waals surface area contributed by atoms with Crippen molar-refractivity contribution < 1.29 is 4.79 Å². The lowest BCUT2D eigenvalue weighted by atomic mass is 9.84.